The molecule has 1 heterocycles. The summed E-state index contributed by atoms with van der Waals surface area (Å²) in [7, 11) is 3.30. The number of methoxy groups -OCH3 is 2. The molecule has 164 valence electrons. The predicted molar refractivity (Wildman–Crippen MR) is 115 cm³/mol. The number of aliphatic hydroxyl groups is 1. The summed E-state index contributed by atoms with van der Waals surface area (Å²) in [6.45, 7) is 5.37. The molecule has 1 atom stereocenters. The summed E-state index contributed by atoms with van der Waals surface area (Å²) in [5.74, 6) is 2.15. The Morgan fingerprint density at radius 2 is 1.77 bits per heavy atom. The van der Waals surface area contributed by atoms with E-state index in [9.17, 15) is 5.11 Å². The lowest BCUT2D eigenvalue weighted by Gasteiger charge is -2.28. The monoisotopic (exact) mass is 416 g/mol. The quantitative estimate of drug-likeness (QED) is 0.581. The minimum Gasteiger partial charge on any atom is -0.497 e. The summed E-state index contributed by atoms with van der Waals surface area (Å²) < 4.78 is 21.9. The van der Waals surface area contributed by atoms with Crippen molar-refractivity contribution in [3.05, 3.63) is 53.6 Å². The fourth-order valence-corrected chi connectivity index (χ4v) is 3.40. The van der Waals surface area contributed by atoms with Crippen molar-refractivity contribution in [1.29, 1.82) is 0 Å². The first-order chi connectivity index (χ1) is 14.7. The second-order valence-corrected chi connectivity index (χ2v) is 7.32. The largest absolute Gasteiger partial charge is 0.497 e. The van der Waals surface area contributed by atoms with E-state index in [0.29, 0.717) is 37.8 Å². The number of nitrogens with zero attached hydrogens (tertiary/aromatic N) is 1. The molecule has 7 heteroatoms. The molecule has 2 N–H and O–H groups in total. The van der Waals surface area contributed by atoms with Crippen LogP contribution >= 0.6 is 0 Å². The summed E-state index contributed by atoms with van der Waals surface area (Å²) >= 11 is 0. The second kappa shape index (κ2) is 11.8. The highest BCUT2D eigenvalue weighted by molar-refractivity contribution is 5.43. The molecule has 0 spiro atoms. The molecule has 2 aromatic rings. The van der Waals surface area contributed by atoms with Crippen molar-refractivity contribution in [2.45, 2.75) is 19.2 Å². The Morgan fingerprint density at radius 3 is 2.50 bits per heavy atom. The SMILES string of the molecule is COc1cccc(CNCc2ccc(OCC(O)CN3CCOCC3)c(OC)c2)c1. The fourth-order valence-electron chi connectivity index (χ4n) is 3.40. The fraction of sp³-hybridized carbons (Fsp3) is 0.478. The van der Waals surface area contributed by atoms with Gasteiger partial charge in [-0.15, -0.1) is 0 Å². The van der Waals surface area contributed by atoms with E-state index in [2.05, 4.69) is 16.3 Å². The van der Waals surface area contributed by atoms with Gasteiger partial charge < -0.3 is 29.4 Å². The van der Waals surface area contributed by atoms with Crippen LogP contribution in [0.3, 0.4) is 0 Å². The number of hydrogen-bond donors (Lipinski definition) is 2. The molecule has 30 heavy (non-hydrogen) atoms. The number of hydrogen-bond acceptors (Lipinski definition) is 7. The molecular weight excluding hydrogens is 384 g/mol. The van der Waals surface area contributed by atoms with E-state index in [-0.39, 0.29) is 6.61 Å². The van der Waals surface area contributed by atoms with Gasteiger partial charge in [-0.2, -0.15) is 0 Å². The Bertz CT molecular complexity index is 780. The maximum atomic E-state index is 10.3. The summed E-state index contributed by atoms with van der Waals surface area (Å²) in [6, 6.07) is 13.9. The third-order valence-corrected chi connectivity index (χ3v) is 5.02. The maximum absolute atomic E-state index is 10.3. The minimum atomic E-state index is -0.558. The minimum absolute atomic E-state index is 0.223. The first kappa shape index (κ1) is 22.4. The van der Waals surface area contributed by atoms with E-state index in [0.717, 1.165) is 36.5 Å². The molecule has 0 bridgehead atoms. The third kappa shape index (κ3) is 6.88. The van der Waals surface area contributed by atoms with Crippen molar-refractivity contribution < 1.29 is 24.1 Å². The van der Waals surface area contributed by atoms with Crippen LogP contribution < -0.4 is 19.5 Å². The Morgan fingerprint density at radius 1 is 1.00 bits per heavy atom. The van der Waals surface area contributed by atoms with Gasteiger partial charge in [0.1, 0.15) is 18.5 Å². The molecule has 7 nitrogen and oxygen atoms in total. The van der Waals surface area contributed by atoms with E-state index >= 15 is 0 Å². The zero-order valence-electron chi connectivity index (χ0n) is 17.8. The van der Waals surface area contributed by atoms with Crippen LogP contribution in [0.1, 0.15) is 11.1 Å². The Hall–Kier alpha value is -2.32. The Labute approximate surface area is 178 Å². The average molecular weight is 417 g/mol. The molecule has 0 saturated carbocycles. The molecule has 1 unspecified atom stereocenters. The molecule has 1 aliphatic heterocycles. The van der Waals surface area contributed by atoms with Crippen molar-refractivity contribution in [2.75, 3.05) is 53.7 Å². The summed E-state index contributed by atoms with van der Waals surface area (Å²) in [5.41, 5.74) is 2.26. The van der Waals surface area contributed by atoms with Crippen molar-refractivity contribution in [3.8, 4) is 17.2 Å². The number of rotatable bonds is 11. The lowest BCUT2D eigenvalue weighted by atomic mass is 10.1. The Kier molecular flexibility index (Phi) is 8.77. The van der Waals surface area contributed by atoms with Gasteiger partial charge in [0.05, 0.1) is 27.4 Å². The van der Waals surface area contributed by atoms with Gasteiger partial charge in [-0.3, -0.25) is 4.90 Å². The van der Waals surface area contributed by atoms with Crippen LogP contribution in [0.5, 0.6) is 17.2 Å². The van der Waals surface area contributed by atoms with Crippen molar-refractivity contribution >= 4 is 0 Å². The van der Waals surface area contributed by atoms with Gasteiger partial charge >= 0.3 is 0 Å². The molecule has 1 fully saturated rings. The highest BCUT2D eigenvalue weighted by Gasteiger charge is 2.16. The molecule has 1 saturated heterocycles. The summed E-state index contributed by atoms with van der Waals surface area (Å²) in [4.78, 5) is 2.19. The highest BCUT2D eigenvalue weighted by atomic mass is 16.5. The zero-order chi connectivity index (χ0) is 21.2. The summed E-state index contributed by atoms with van der Waals surface area (Å²) in [6.07, 6.45) is -0.558. The van der Waals surface area contributed by atoms with Crippen LogP contribution in [0.15, 0.2) is 42.5 Å². The average Bonchev–Trinajstić information content (AvgIpc) is 2.79. The molecular formula is C23H32N2O5. The third-order valence-electron chi connectivity index (χ3n) is 5.02. The van der Waals surface area contributed by atoms with Crippen LogP contribution in [-0.4, -0.2) is 69.8 Å². The number of benzene rings is 2. The highest BCUT2D eigenvalue weighted by Crippen LogP contribution is 2.28. The second-order valence-electron chi connectivity index (χ2n) is 7.32. The van der Waals surface area contributed by atoms with Crippen molar-refractivity contribution in [2.24, 2.45) is 0 Å². The predicted octanol–water partition coefficient (Wildman–Crippen LogP) is 2.07. The van der Waals surface area contributed by atoms with Gasteiger partial charge in [-0.05, 0) is 35.4 Å². The number of nitrogens with one attached hydrogen (secondary N) is 1. The topological polar surface area (TPSA) is 72.4 Å². The molecule has 0 aromatic heterocycles. The van der Waals surface area contributed by atoms with Crippen LogP contribution in [0.4, 0.5) is 0 Å². The number of morpholine rings is 1. The lowest BCUT2D eigenvalue weighted by Crippen LogP contribution is -2.42. The van der Waals surface area contributed by atoms with Crippen LogP contribution in [-0.2, 0) is 17.8 Å². The number of aliphatic hydroxyl groups excluding tert-OH is 1. The van der Waals surface area contributed by atoms with Crippen LogP contribution in [0, 0.1) is 0 Å². The van der Waals surface area contributed by atoms with Crippen molar-refractivity contribution in [3.63, 3.8) is 0 Å². The zero-order valence-corrected chi connectivity index (χ0v) is 17.8. The van der Waals surface area contributed by atoms with E-state index in [1.807, 2.05) is 36.4 Å². The standard InChI is InChI=1S/C23H32N2O5/c1-27-21-5-3-4-18(12-21)14-24-15-19-6-7-22(23(13-19)28-2)30-17-20(26)16-25-8-10-29-11-9-25/h3-7,12-13,20,24,26H,8-11,14-17H2,1-2H3. The molecule has 0 radical (unpaired) electrons. The molecule has 0 amide bonds. The van der Waals surface area contributed by atoms with Gasteiger partial charge in [-0.1, -0.05) is 18.2 Å². The number of ether oxygens (including phenoxy) is 4. The molecule has 1 aliphatic rings. The normalized spacial score (nSPS) is 15.6. The summed E-state index contributed by atoms with van der Waals surface area (Å²) in [5, 5.41) is 13.7. The van der Waals surface area contributed by atoms with E-state index in [1.165, 1.54) is 0 Å². The van der Waals surface area contributed by atoms with E-state index in [4.69, 9.17) is 18.9 Å². The van der Waals surface area contributed by atoms with Crippen LogP contribution in [0.2, 0.25) is 0 Å². The lowest BCUT2D eigenvalue weighted by molar-refractivity contribution is 0.00445. The van der Waals surface area contributed by atoms with Gasteiger partial charge in [0.15, 0.2) is 11.5 Å². The smallest absolute Gasteiger partial charge is 0.161 e. The molecule has 0 aliphatic carbocycles. The van der Waals surface area contributed by atoms with Gasteiger partial charge in [0, 0.05) is 32.7 Å². The van der Waals surface area contributed by atoms with E-state index < -0.39 is 6.10 Å². The van der Waals surface area contributed by atoms with Gasteiger partial charge in [0.2, 0.25) is 0 Å². The van der Waals surface area contributed by atoms with Gasteiger partial charge in [0.25, 0.3) is 0 Å². The molecule has 3 rings (SSSR count). The maximum Gasteiger partial charge on any atom is 0.161 e. The first-order valence-corrected chi connectivity index (χ1v) is 10.3. The van der Waals surface area contributed by atoms with Gasteiger partial charge in [-0.25, -0.2) is 0 Å². The Balaban J connectivity index is 1.47. The van der Waals surface area contributed by atoms with Crippen LogP contribution in [0.25, 0.3) is 0 Å². The first-order valence-electron chi connectivity index (χ1n) is 10.3. The van der Waals surface area contributed by atoms with Crippen molar-refractivity contribution in [1.82, 2.24) is 10.2 Å². The number of β-amino-alcohol motifs (C(OH)–C–C–N with tert-alkyl or cyclic N) is 1. The van der Waals surface area contributed by atoms with E-state index in [1.54, 1.807) is 14.2 Å². The molecule has 2 aromatic carbocycles.